The van der Waals surface area contributed by atoms with Crippen LogP contribution in [-0.2, 0) is 4.79 Å². The van der Waals surface area contributed by atoms with Crippen molar-refractivity contribution in [3.8, 4) is 0 Å². The minimum absolute atomic E-state index is 0.0285. The zero-order valence-electron chi connectivity index (χ0n) is 9.01. The van der Waals surface area contributed by atoms with Crippen LogP contribution in [0.4, 0.5) is 4.39 Å². The van der Waals surface area contributed by atoms with Gasteiger partial charge in [-0.15, -0.1) is 0 Å². The fourth-order valence-corrected chi connectivity index (χ4v) is 1.48. The summed E-state index contributed by atoms with van der Waals surface area (Å²) in [6.07, 6.45) is 0.425. The lowest BCUT2D eigenvalue weighted by Crippen LogP contribution is -2.63. The Labute approximate surface area is 83.9 Å². The van der Waals surface area contributed by atoms with Crippen molar-refractivity contribution in [1.82, 2.24) is 4.90 Å². The van der Waals surface area contributed by atoms with Gasteiger partial charge in [0.2, 0.25) is 5.91 Å². The van der Waals surface area contributed by atoms with Crippen LogP contribution in [0.15, 0.2) is 0 Å². The number of carbonyl (C=O) groups excluding carboxylic acids is 1. The second-order valence-electron chi connectivity index (χ2n) is 5.30. The lowest BCUT2D eigenvalue weighted by atomic mass is 9.89. The van der Waals surface area contributed by atoms with Crippen LogP contribution in [0.3, 0.4) is 0 Å². The second-order valence-corrected chi connectivity index (χ2v) is 5.30. The molecule has 0 radical (unpaired) electrons. The van der Waals surface area contributed by atoms with E-state index in [0.29, 0.717) is 6.42 Å². The number of carbonyl (C=O) groups is 1. The van der Waals surface area contributed by atoms with Gasteiger partial charge < -0.3 is 10.0 Å². The Morgan fingerprint density at radius 2 is 2.00 bits per heavy atom. The van der Waals surface area contributed by atoms with E-state index in [1.165, 1.54) is 4.90 Å². The molecule has 4 heteroatoms. The fourth-order valence-electron chi connectivity index (χ4n) is 1.48. The van der Waals surface area contributed by atoms with Crippen LogP contribution >= 0.6 is 0 Å². The summed E-state index contributed by atoms with van der Waals surface area (Å²) in [6, 6.07) is 0. The largest absolute Gasteiger partial charge is 0.393 e. The van der Waals surface area contributed by atoms with Crippen LogP contribution in [0, 0.1) is 5.41 Å². The third kappa shape index (κ3) is 2.67. The monoisotopic (exact) mass is 203 g/mol. The van der Waals surface area contributed by atoms with Crippen LogP contribution in [0.1, 0.15) is 27.2 Å². The quantitative estimate of drug-likeness (QED) is 0.726. The third-order valence-electron chi connectivity index (χ3n) is 2.27. The zero-order chi connectivity index (χ0) is 11.0. The van der Waals surface area contributed by atoms with E-state index in [1.807, 2.05) is 20.8 Å². The summed E-state index contributed by atoms with van der Waals surface area (Å²) in [5, 5.41) is 8.66. The molecule has 1 aliphatic rings. The number of aliphatic hydroxyl groups is 1. The zero-order valence-corrected chi connectivity index (χ0v) is 9.01. The SMILES string of the molecule is CC(C)(C)CC(=O)N1CC(F)(CO)C1. The maximum atomic E-state index is 13.2. The summed E-state index contributed by atoms with van der Waals surface area (Å²) >= 11 is 0. The molecule has 14 heavy (non-hydrogen) atoms. The topological polar surface area (TPSA) is 40.5 Å². The molecule has 82 valence electrons. The van der Waals surface area contributed by atoms with E-state index in [-0.39, 0.29) is 24.4 Å². The molecule has 0 saturated carbocycles. The first-order valence-corrected chi connectivity index (χ1v) is 4.83. The van der Waals surface area contributed by atoms with Crippen molar-refractivity contribution < 1.29 is 14.3 Å². The molecule has 1 N–H and O–H groups in total. The molecule has 1 heterocycles. The molecule has 0 aromatic rings. The highest BCUT2D eigenvalue weighted by Crippen LogP contribution is 2.28. The minimum Gasteiger partial charge on any atom is -0.393 e. The Morgan fingerprint density at radius 1 is 1.50 bits per heavy atom. The predicted molar refractivity (Wildman–Crippen MR) is 51.6 cm³/mol. The van der Waals surface area contributed by atoms with E-state index in [4.69, 9.17) is 5.11 Å². The number of halogens is 1. The number of hydrogen-bond acceptors (Lipinski definition) is 2. The molecular weight excluding hydrogens is 185 g/mol. The molecule has 0 unspecified atom stereocenters. The van der Waals surface area contributed by atoms with Gasteiger partial charge in [-0.3, -0.25) is 4.79 Å². The van der Waals surface area contributed by atoms with Gasteiger partial charge >= 0.3 is 0 Å². The van der Waals surface area contributed by atoms with Crippen molar-refractivity contribution in [2.45, 2.75) is 32.9 Å². The summed E-state index contributed by atoms with van der Waals surface area (Å²) in [6.45, 7) is 5.50. The Bertz CT molecular complexity index is 229. The van der Waals surface area contributed by atoms with Gasteiger partial charge in [0.05, 0.1) is 19.7 Å². The van der Waals surface area contributed by atoms with Crippen molar-refractivity contribution in [3.63, 3.8) is 0 Å². The molecule has 0 aliphatic carbocycles. The highest BCUT2D eigenvalue weighted by molar-refractivity contribution is 5.78. The fraction of sp³-hybridized carbons (Fsp3) is 0.900. The lowest BCUT2D eigenvalue weighted by molar-refractivity contribution is -0.150. The van der Waals surface area contributed by atoms with E-state index in [0.717, 1.165) is 0 Å². The number of amides is 1. The summed E-state index contributed by atoms with van der Waals surface area (Å²) in [4.78, 5) is 13.0. The normalized spacial score (nSPS) is 20.5. The van der Waals surface area contributed by atoms with Gasteiger partial charge in [-0.05, 0) is 5.41 Å². The Kier molecular flexibility index (Phi) is 2.86. The first-order valence-electron chi connectivity index (χ1n) is 4.83. The lowest BCUT2D eigenvalue weighted by Gasteiger charge is -2.44. The van der Waals surface area contributed by atoms with Crippen molar-refractivity contribution in [3.05, 3.63) is 0 Å². The standard InChI is InChI=1S/C10H18FNO2/c1-9(2,3)4-8(14)12-5-10(11,6-12)7-13/h13H,4-7H2,1-3H3. The maximum absolute atomic E-state index is 13.2. The molecule has 1 amide bonds. The maximum Gasteiger partial charge on any atom is 0.223 e. The highest BCUT2D eigenvalue weighted by Gasteiger charge is 2.45. The van der Waals surface area contributed by atoms with Crippen molar-refractivity contribution in [2.75, 3.05) is 19.7 Å². The molecular formula is C10H18FNO2. The molecule has 3 nitrogen and oxygen atoms in total. The summed E-state index contributed by atoms with van der Waals surface area (Å²) in [5.74, 6) is -0.0285. The van der Waals surface area contributed by atoms with Crippen molar-refractivity contribution in [2.24, 2.45) is 5.41 Å². The van der Waals surface area contributed by atoms with E-state index in [1.54, 1.807) is 0 Å². The number of aliphatic hydroxyl groups excluding tert-OH is 1. The Balaban J connectivity index is 2.37. The van der Waals surface area contributed by atoms with Crippen molar-refractivity contribution in [1.29, 1.82) is 0 Å². The average molecular weight is 203 g/mol. The second kappa shape index (κ2) is 3.50. The Hall–Kier alpha value is -0.640. The molecule has 0 bridgehead atoms. The summed E-state index contributed by atoms with van der Waals surface area (Å²) in [5.41, 5.74) is -1.61. The molecule has 1 fully saturated rings. The van der Waals surface area contributed by atoms with Gasteiger partial charge in [0.25, 0.3) is 0 Å². The van der Waals surface area contributed by atoms with E-state index in [9.17, 15) is 9.18 Å². The molecule has 0 aromatic heterocycles. The molecule has 0 atom stereocenters. The smallest absolute Gasteiger partial charge is 0.223 e. The van der Waals surface area contributed by atoms with Gasteiger partial charge in [-0.2, -0.15) is 0 Å². The van der Waals surface area contributed by atoms with Gasteiger partial charge in [-0.1, -0.05) is 20.8 Å². The highest BCUT2D eigenvalue weighted by atomic mass is 19.1. The van der Waals surface area contributed by atoms with E-state index in [2.05, 4.69) is 0 Å². The molecule has 0 aromatic carbocycles. The van der Waals surface area contributed by atoms with E-state index < -0.39 is 12.3 Å². The number of alkyl halides is 1. The van der Waals surface area contributed by atoms with Crippen LogP contribution in [0.5, 0.6) is 0 Å². The molecule has 1 aliphatic heterocycles. The minimum atomic E-state index is -1.55. The van der Waals surface area contributed by atoms with Crippen LogP contribution < -0.4 is 0 Å². The van der Waals surface area contributed by atoms with Gasteiger partial charge in [0.1, 0.15) is 0 Å². The average Bonchev–Trinajstić information content (AvgIpc) is 1.95. The number of hydrogen-bond donors (Lipinski definition) is 1. The third-order valence-corrected chi connectivity index (χ3v) is 2.27. The van der Waals surface area contributed by atoms with Crippen LogP contribution in [0.25, 0.3) is 0 Å². The van der Waals surface area contributed by atoms with Crippen LogP contribution in [0.2, 0.25) is 0 Å². The number of nitrogens with zero attached hydrogens (tertiary/aromatic N) is 1. The summed E-state index contributed by atoms with van der Waals surface area (Å²) < 4.78 is 13.2. The number of likely N-dealkylation sites (tertiary alicyclic amines) is 1. The Morgan fingerprint density at radius 3 is 2.36 bits per heavy atom. The van der Waals surface area contributed by atoms with E-state index >= 15 is 0 Å². The van der Waals surface area contributed by atoms with Gasteiger partial charge in [-0.25, -0.2) is 4.39 Å². The molecule has 0 spiro atoms. The van der Waals surface area contributed by atoms with Crippen molar-refractivity contribution >= 4 is 5.91 Å². The molecule has 1 rings (SSSR count). The summed E-state index contributed by atoms with van der Waals surface area (Å²) in [7, 11) is 0. The first-order chi connectivity index (χ1) is 6.26. The molecule has 1 saturated heterocycles. The van der Waals surface area contributed by atoms with Gasteiger partial charge in [0, 0.05) is 6.42 Å². The van der Waals surface area contributed by atoms with Gasteiger partial charge in [0.15, 0.2) is 5.67 Å². The predicted octanol–water partition coefficient (Wildman–Crippen LogP) is 0.965. The number of rotatable bonds is 2. The van der Waals surface area contributed by atoms with Crippen LogP contribution in [-0.4, -0.2) is 41.3 Å². The first kappa shape index (κ1) is 11.4.